The molecule has 0 aromatic heterocycles. The third-order valence-electron chi connectivity index (χ3n) is 2.28. The molecule has 4 heteroatoms. The molecule has 4 nitrogen and oxygen atoms in total. The van der Waals surface area contributed by atoms with Crippen molar-refractivity contribution in [2.24, 2.45) is 0 Å². The van der Waals surface area contributed by atoms with Crippen molar-refractivity contribution in [3.05, 3.63) is 29.8 Å². The second kappa shape index (κ2) is 4.97. The summed E-state index contributed by atoms with van der Waals surface area (Å²) >= 11 is 0. The molecule has 1 aromatic rings. The van der Waals surface area contributed by atoms with E-state index >= 15 is 0 Å². The van der Waals surface area contributed by atoms with Gasteiger partial charge in [-0.1, -0.05) is 18.2 Å². The van der Waals surface area contributed by atoms with Gasteiger partial charge >= 0.3 is 0 Å². The number of ether oxygens (including phenoxy) is 3. The van der Waals surface area contributed by atoms with Crippen LogP contribution < -0.4 is 4.74 Å². The van der Waals surface area contributed by atoms with E-state index < -0.39 is 6.10 Å². The number of para-hydroxylation sites is 1. The lowest BCUT2D eigenvalue weighted by Crippen LogP contribution is -2.11. The first kappa shape index (κ1) is 10.9. The topological polar surface area (TPSA) is 51.5 Å². The van der Waals surface area contributed by atoms with Gasteiger partial charge < -0.3 is 14.2 Å². The van der Waals surface area contributed by atoms with Crippen LogP contribution in [-0.2, 0) is 9.47 Å². The predicted molar refractivity (Wildman–Crippen MR) is 56.8 cm³/mol. The van der Waals surface area contributed by atoms with Crippen molar-refractivity contribution < 1.29 is 14.2 Å². The predicted octanol–water partition coefficient (Wildman–Crippen LogP) is 2.02. The Morgan fingerprint density at radius 3 is 2.75 bits per heavy atom. The highest BCUT2D eigenvalue weighted by atomic mass is 16.7. The molecule has 0 N–H and O–H groups in total. The van der Waals surface area contributed by atoms with Crippen LogP contribution in [0.2, 0.25) is 0 Å². The summed E-state index contributed by atoms with van der Waals surface area (Å²) in [5.74, 6) is 0.642. The molecule has 0 aliphatic carbocycles. The molecule has 0 spiro atoms. The Balaban J connectivity index is 2.20. The minimum Gasteiger partial charge on any atom is -0.475 e. The van der Waals surface area contributed by atoms with Gasteiger partial charge in [-0.25, -0.2) is 0 Å². The summed E-state index contributed by atoms with van der Waals surface area (Å²) in [5.41, 5.74) is 0.835. The molecule has 1 atom stereocenters. The fourth-order valence-corrected chi connectivity index (χ4v) is 1.54. The molecule has 1 aliphatic heterocycles. The molecule has 0 bridgehead atoms. The van der Waals surface area contributed by atoms with E-state index in [1.165, 1.54) is 0 Å². The van der Waals surface area contributed by atoms with Crippen LogP contribution in [0.4, 0.5) is 0 Å². The molecule has 1 aromatic carbocycles. The maximum atomic E-state index is 8.71. The van der Waals surface area contributed by atoms with E-state index in [0.29, 0.717) is 19.0 Å². The zero-order valence-electron chi connectivity index (χ0n) is 9.05. The fourth-order valence-electron chi connectivity index (χ4n) is 1.54. The number of benzene rings is 1. The Hall–Kier alpha value is -1.57. The highest BCUT2D eigenvalue weighted by molar-refractivity contribution is 5.35. The second-order valence-electron chi connectivity index (χ2n) is 3.50. The van der Waals surface area contributed by atoms with Crippen molar-refractivity contribution in [2.45, 2.75) is 19.3 Å². The van der Waals surface area contributed by atoms with Crippen molar-refractivity contribution in [3.8, 4) is 11.8 Å². The lowest BCUT2D eigenvalue weighted by Gasteiger charge is -2.16. The Bertz CT molecular complexity index is 393. The van der Waals surface area contributed by atoms with Crippen LogP contribution in [0, 0.1) is 11.3 Å². The van der Waals surface area contributed by atoms with Crippen LogP contribution in [0.5, 0.6) is 5.75 Å². The maximum absolute atomic E-state index is 8.71. The molecular weight excluding hydrogens is 206 g/mol. The number of nitrogens with zero attached hydrogens (tertiary/aromatic N) is 1. The van der Waals surface area contributed by atoms with Crippen LogP contribution in [0.1, 0.15) is 18.8 Å². The highest BCUT2D eigenvalue weighted by Crippen LogP contribution is 2.31. The van der Waals surface area contributed by atoms with Gasteiger partial charge in [0.25, 0.3) is 0 Å². The molecule has 16 heavy (non-hydrogen) atoms. The molecule has 2 rings (SSSR count). The lowest BCUT2D eigenvalue weighted by molar-refractivity contribution is -0.0459. The first-order valence-electron chi connectivity index (χ1n) is 5.19. The Labute approximate surface area is 94.3 Å². The van der Waals surface area contributed by atoms with Crippen LogP contribution in [-0.4, -0.2) is 19.3 Å². The highest BCUT2D eigenvalue weighted by Gasteiger charge is 2.22. The van der Waals surface area contributed by atoms with Gasteiger partial charge in [-0.15, -0.1) is 0 Å². The summed E-state index contributed by atoms with van der Waals surface area (Å²) in [4.78, 5) is 0. The number of nitriles is 1. The molecular formula is C12H13NO3. The SMILES string of the molecule is CC(C#N)Oc1ccccc1C1OCCO1. The van der Waals surface area contributed by atoms with Crippen molar-refractivity contribution in [1.29, 1.82) is 5.26 Å². The summed E-state index contributed by atoms with van der Waals surface area (Å²) in [5, 5.41) is 8.71. The van der Waals surface area contributed by atoms with E-state index in [4.69, 9.17) is 19.5 Å². The van der Waals surface area contributed by atoms with Gasteiger partial charge in [-0.2, -0.15) is 5.26 Å². The average Bonchev–Trinajstić information content (AvgIpc) is 2.83. The fraction of sp³-hybridized carbons (Fsp3) is 0.417. The third-order valence-corrected chi connectivity index (χ3v) is 2.28. The normalized spacial score (nSPS) is 18.0. The largest absolute Gasteiger partial charge is 0.475 e. The average molecular weight is 219 g/mol. The number of hydrogen-bond donors (Lipinski definition) is 0. The monoisotopic (exact) mass is 219 g/mol. The quantitative estimate of drug-likeness (QED) is 0.780. The van der Waals surface area contributed by atoms with Gasteiger partial charge in [0.05, 0.1) is 13.2 Å². The van der Waals surface area contributed by atoms with Gasteiger partial charge in [0.1, 0.15) is 11.8 Å². The van der Waals surface area contributed by atoms with Gasteiger partial charge in [-0.05, 0) is 13.0 Å². The summed E-state index contributed by atoms with van der Waals surface area (Å²) in [7, 11) is 0. The summed E-state index contributed by atoms with van der Waals surface area (Å²) in [6, 6.07) is 9.48. The second-order valence-corrected chi connectivity index (χ2v) is 3.50. The van der Waals surface area contributed by atoms with E-state index in [2.05, 4.69) is 0 Å². The van der Waals surface area contributed by atoms with Gasteiger partial charge in [-0.3, -0.25) is 0 Å². The van der Waals surface area contributed by atoms with Crippen LogP contribution in [0.25, 0.3) is 0 Å². The molecule has 1 aliphatic rings. The summed E-state index contributed by atoms with van der Waals surface area (Å²) in [6.07, 6.45) is -0.857. The van der Waals surface area contributed by atoms with Gasteiger partial charge in [0.15, 0.2) is 12.4 Å². The first-order chi connectivity index (χ1) is 7.81. The van der Waals surface area contributed by atoms with Gasteiger partial charge in [0.2, 0.25) is 0 Å². The Kier molecular flexibility index (Phi) is 3.40. The molecule has 84 valence electrons. The van der Waals surface area contributed by atoms with E-state index in [9.17, 15) is 0 Å². The van der Waals surface area contributed by atoms with Crippen molar-refractivity contribution in [3.63, 3.8) is 0 Å². The maximum Gasteiger partial charge on any atom is 0.187 e. The molecule has 0 saturated carbocycles. The zero-order chi connectivity index (χ0) is 11.4. The summed E-state index contributed by atoms with van der Waals surface area (Å²) < 4.78 is 16.3. The Morgan fingerprint density at radius 2 is 2.06 bits per heavy atom. The number of rotatable bonds is 3. The smallest absolute Gasteiger partial charge is 0.187 e. The van der Waals surface area contributed by atoms with Crippen LogP contribution in [0.15, 0.2) is 24.3 Å². The minimum absolute atomic E-state index is 0.373. The van der Waals surface area contributed by atoms with E-state index in [1.807, 2.05) is 30.3 Å². The van der Waals surface area contributed by atoms with Crippen molar-refractivity contribution in [2.75, 3.05) is 13.2 Å². The number of hydrogen-bond acceptors (Lipinski definition) is 4. The molecule has 1 saturated heterocycles. The van der Waals surface area contributed by atoms with E-state index in [-0.39, 0.29) is 6.29 Å². The molecule has 1 fully saturated rings. The molecule has 1 unspecified atom stereocenters. The van der Waals surface area contributed by atoms with Gasteiger partial charge in [0, 0.05) is 5.56 Å². The lowest BCUT2D eigenvalue weighted by atomic mass is 10.2. The standard InChI is InChI=1S/C12H13NO3/c1-9(8-13)16-11-5-3-2-4-10(11)12-14-6-7-15-12/h2-5,9,12H,6-7H2,1H3. The molecule has 0 radical (unpaired) electrons. The first-order valence-corrected chi connectivity index (χ1v) is 5.19. The summed E-state index contributed by atoms with van der Waals surface area (Å²) in [6.45, 7) is 2.88. The Morgan fingerprint density at radius 1 is 1.38 bits per heavy atom. The van der Waals surface area contributed by atoms with Crippen LogP contribution >= 0.6 is 0 Å². The molecule has 0 amide bonds. The minimum atomic E-state index is -0.484. The van der Waals surface area contributed by atoms with Crippen molar-refractivity contribution in [1.82, 2.24) is 0 Å². The van der Waals surface area contributed by atoms with E-state index in [0.717, 1.165) is 5.56 Å². The third kappa shape index (κ3) is 2.32. The zero-order valence-corrected chi connectivity index (χ0v) is 9.05. The van der Waals surface area contributed by atoms with E-state index in [1.54, 1.807) is 6.92 Å². The van der Waals surface area contributed by atoms with Crippen molar-refractivity contribution >= 4 is 0 Å². The molecule has 1 heterocycles. The van der Waals surface area contributed by atoms with Crippen LogP contribution in [0.3, 0.4) is 0 Å².